The van der Waals surface area contributed by atoms with Crippen molar-refractivity contribution in [1.29, 1.82) is 0 Å². The van der Waals surface area contributed by atoms with Gasteiger partial charge in [-0.3, -0.25) is 0 Å². The molecule has 0 unspecified atom stereocenters. The summed E-state index contributed by atoms with van der Waals surface area (Å²) in [4.78, 5) is 0. The Morgan fingerprint density at radius 1 is 0.947 bits per heavy atom. The molecule has 0 bridgehead atoms. The van der Waals surface area contributed by atoms with Crippen LogP contribution >= 0.6 is 0 Å². The smallest absolute Gasteiger partial charge is 0.00682 e. The van der Waals surface area contributed by atoms with Gasteiger partial charge in [-0.15, -0.1) is 0 Å². The van der Waals surface area contributed by atoms with E-state index in [1.165, 1.54) is 70.8 Å². The molecule has 19 heavy (non-hydrogen) atoms. The molecule has 1 nitrogen and oxygen atoms in total. The summed E-state index contributed by atoms with van der Waals surface area (Å²) in [6.07, 6.45) is 13.6. The molecule has 1 aromatic rings. The molecule has 104 valence electrons. The normalized spacial score (nSPS) is 17.7. The number of nitrogens with one attached hydrogen (secondary N) is 1. The summed E-state index contributed by atoms with van der Waals surface area (Å²) >= 11 is 0. The topological polar surface area (TPSA) is 12.0 Å². The van der Waals surface area contributed by atoms with Gasteiger partial charge in [-0.25, -0.2) is 0 Å². The van der Waals surface area contributed by atoms with Crippen molar-refractivity contribution in [3.8, 4) is 0 Å². The minimum Gasteiger partial charge on any atom is -0.314 e. The van der Waals surface area contributed by atoms with Crippen LogP contribution in [0.25, 0.3) is 0 Å². The predicted octanol–water partition coefficient (Wildman–Crippen LogP) is 4.03. The van der Waals surface area contributed by atoms with E-state index >= 15 is 0 Å². The number of hydrogen-bond acceptors (Lipinski definition) is 1. The lowest BCUT2D eigenvalue weighted by Crippen LogP contribution is -2.17. The van der Waals surface area contributed by atoms with E-state index in [1.807, 2.05) is 0 Å². The van der Waals surface area contributed by atoms with Gasteiger partial charge in [0.2, 0.25) is 0 Å². The number of unbranched alkanes of at least 4 members (excludes halogenated alkanes) is 3. The van der Waals surface area contributed by atoms with Crippen LogP contribution in [-0.2, 0) is 19.3 Å². The molecule has 0 aliphatic heterocycles. The standard InChI is InChI=1S/C18H27N/c1(2-4-13-19-18-11-12-18)3-6-15-9-10-16-7-5-8-17(16)14-15/h9-10,14,18-19H,1-8,11-13H2. The highest BCUT2D eigenvalue weighted by Gasteiger charge is 2.19. The third kappa shape index (κ3) is 4.07. The van der Waals surface area contributed by atoms with E-state index in [2.05, 4.69) is 23.5 Å². The molecule has 2 aliphatic carbocycles. The Balaban J connectivity index is 1.29. The molecular formula is C18H27N. The van der Waals surface area contributed by atoms with Gasteiger partial charge in [0, 0.05) is 6.04 Å². The van der Waals surface area contributed by atoms with Crippen LogP contribution in [-0.4, -0.2) is 12.6 Å². The lowest BCUT2D eigenvalue weighted by Gasteiger charge is -2.06. The van der Waals surface area contributed by atoms with Gasteiger partial charge < -0.3 is 5.32 Å². The summed E-state index contributed by atoms with van der Waals surface area (Å²) in [5.74, 6) is 0. The molecule has 1 aromatic carbocycles. The molecule has 1 fully saturated rings. The maximum absolute atomic E-state index is 3.59. The fourth-order valence-corrected chi connectivity index (χ4v) is 3.18. The second-order valence-corrected chi connectivity index (χ2v) is 6.35. The van der Waals surface area contributed by atoms with Crippen molar-refractivity contribution in [1.82, 2.24) is 5.32 Å². The van der Waals surface area contributed by atoms with E-state index in [0.29, 0.717) is 0 Å². The van der Waals surface area contributed by atoms with E-state index in [1.54, 1.807) is 16.7 Å². The van der Waals surface area contributed by atoms with E-state index in [-0.39, 0.29) is 0 Å². The Bertz CT molecular complexity index is 406. The SMILES string of the molecule is c1cc2c(cc1CCCCCCNC1CC1)CCC2. The van der Waals surface area contributed by atoms with Gasteiger partial charge in [-0.05, 0) is 74.6 Å². The minimum absolute atomic E-state index is 0.881. The number of aryl methyl sites for hydroxylation is 3. The molecule has 1 heteroatoms. The molecule has 0 atom stereocenters. The number of rotatable bonds is 8. The van der Waals surface area contributed by atoms with Crippen molar-refractivity contribution >= 4 is 0 Å². The Morgan fingerprint density at radius 3 is 2.68 bits per heavy atom. The average molecular weight is 257 g/mol. The van der Waals surface area contributed by atoms with E-state index in [9.17, 15) is 0 Å². The van der Waals surface area contributed by atoms with Crippen molar-refractivity contribution in [2.45, 2.75) is 70.3 Å². The Morgan fingerprint density at radius 2 is 1.79 bits per heavy atom. The summed E-state index contributed by atoms with van der Waals surface area (Å²) in [5, 5.41) is 3.59. The minimum atomic E-state index is 0.881. The molecule has 2 aliphatic rings. The highest BCUT2D eigenvalue weighted by molar-refractivity contribution is 5.35. The Labute approximate surface area is 117 Å². The summed E-state index contributed by atoms with van der Waals surface area (Å²) < 4.78 is 0. The first kappa shape index (κ1) is 13.2. The van der Waals surface area contributed by atoms with Gasteiger partial charge in [0.05, 0.1) is 0 Å². The van der Waals surface area contributed by atoms with Gasteiger partial charge in [0.1, 0.15) is 0 Å². The van der Waals surface area contributed by atoms with Crippen LogP contribution in [0.2, 0.25) is 0 Å². The van der Waals surface area contributed by atoms with Crippen molar-refractivity contribution in [3.05, 3.63) is 34.9 Å². The third-order valence-electron chi connectivity index (χ3n) is 4.57. The van der Waals surface area contributed by atoms with E-state index in [4.69, 9.17) is 0 Å². The molecule has 0 aromatic heterocycles. The van der Waals surface area contributed by atoms with Gasteiger partial charge in [-0.1, -0.05) is 31.0 Å². The highest BCUT2D eigenvalue weighted by atomic mass is 14.9. The lowest BCUT2D eigenvalue weighted by molar-refractivity contribution is 0.585. The van der Waals surface area contributed by atoms with Crippen molar-refractivity contribution in [2.24, 2.45) is 0 Å². The maximum atomic E-state index is 3.59. The molecule has 0 spiro atoms. The molecular weight excluding hydrogens is 230 g/mol. The summed E-state index contributed by atoms with van der Waals surface area (Å²) in [7, 11) is 0. The first-order chi connectivity index (χ1) is 9.42. The van der Waals surface area contributed by atoms with E-state index < -0.39 is 0 Å². The van der Waals surface area contributed by atoms with Crippen LogP contribution in [0.4, 0.5) is 0 Å². The lowest BCUT2D eigenvalue weighted by atomic mass is 10.0. The quantitative estimate of drug-likeness (QED) is 0.693. The largest absolute Gasteiger partial charge is 0.314 e. The monoisotopic (exact) mass is 257 g/mol. The molecule has 0 radical (unpaired) electrons. The second kappa shape index (κ2) is 6.56. The Kier molecular flexibility index (Phi) is 4.55. The molecule has 1 saturated carbocycles. The first-order valence-electron chi connectivity index (χ1n) is 8.26. The molecule has 0 heterocycles. The average Bonchev–Trinajstić information content (AvgIpc) is 3.13. The van der Waals surface area contributed by atoms with Crippen LogP contribution in [0.1, 0.15) is 61.6 Å². The van der Waals surface area contributed by atoms with Gasteiger partial charge in [0.25, 0.3) is 0 Å². The zero-order valence-electron chi connectivity index (χ0n) is 12.1. The Hall–Kier alpha value is -0.820. The maximum Gasteiger partial charge on any atom is 0.00682 e. The predicted molar refractivity (Wildman–Crippen MR) is 81.7 cm³/mol. The molecule has 0 amide bonds. The van der Waals surface area contributed by atoms with Gasteiger partial charge in [0.15, 0.2) is 0 Å². The molecule has 1 N–H and O–H groups in total. The fraction of sp³-hybridized carbons (Fsp3) is 0.667. The van der Waals surface area contributed by atoms with Crippen LogP contribution in [0.3, 0.4) is 0 Å². The van der Waals surface area contributed by atoms with Crippen molar-refractivity contribution in [2.75, 3.05) is 6.54 Å². The van der Waals surface area contributed by atoms with Crippen LogP contribution in [0, 0.1) is 0 Å². The zero-order valence-corrected chi connectivity index (χ0v) is 12.1. The fourth-order valence-electron chi connectivity index (χ4n) is 3.18. The van der Waals surface area contributed by atoms with Crippen LogP contribution < -0.4 is 5.32 Å². The van der Waals surface area contributed by atoms with Crippen molar-refractivity contribution in [3.63, 3.8) is 0 Å². The van der Waals surface area contributed by atoms with Crippen molar-refractivity contribution < 1.29 is 0 Å². The van der Waals surface area contributed by atoms with Gasteiger partial charge >= 0.3 is 0 Å². The summed E-state index contributed by atoms with van der Waals surface area (Å²) in [5.41, 5.74) is 4.80. The molecule has 0 saturated heterocycles. The number of fused-ring (bicyclic) bond motifs is 1. The number of benzene rings is 1. The highest BCUT2D eigenvalue weighted by Crippen LogP contribution is 2.23. The third-order valence-corrected chi connectivity index (χ3v) is 4.57. The molecule has 3 rings (SSSR count). The number of hydrogen-bond donors (Lipinski definition) is 1. The first-order valence-corrected chi connectivity index (χ1v) is 8.26. The van der Waals surface area contributed by atoms with Crippen LogP contribution in [0.5, 0.6) is 0 Å². The van der Waals surface area contributed by atoms with Crippen LogP contribution in [0.15, 0.2) is 18.2 Å². The summed E-state index contributed by atoms with van der Waals surface area (Å²) in [6, 6.07) is 8.08. The zero-order chi connectivity index (χ0) is 12.9. The second-order valence-electron chi connectivity index (χ2n) is 6.35. The summed E-state index contributed by atoms with van der Waals surface area (Å²) in [6.45, 7) is 1.24. The van der Waals surface area contributed by atoms with E-state index in [0.717, 1.165) is 6.04 Å². The van der Waals surface area contributed by atoms with Gasteiger partial charge in [-0.2, -0.15) is 0 Å².